The van der Waals surface area contributed by atoms with Crippen LogP contribution in [-0.4, -0.2) is 54.4 Å². The zero-order valence-corrected chi connectivity index (χ0v) is 24.6. The quantitative estimate of drug-likeness (QED) is 0.214. The molecule has 0 saturated heterocycles. The second-order valence-electron chi connectivity index (χ2n) is 10.6. The molecule has 2 atom stereocenters. The van der Waals surface area contributed by atoms with Crippen molar-refractivity contribution in [2.75, 3.05) is 26.9 Å². The van der Waals surface area contributed by atoms with Crippen LogP contribution in [-0.2, 0) is 27.3 Å². The molecule has 1 aliphatic carbocycles. The Hall–Kier alpha value is -3.72. The lowest BCUT2D eigenvalue weighted by molar-refractivity contribution is -0.148. The van der Waals surface area contributed by atoms with Gasteiger partial charge in [0.2, 0.25) is 0 Å². The van der Waals surface area contributed by atoms with E-state index in [0.717, 1.165) is 43.7 Å². The normalized spacial score (nSPS) is 17.7. The summed E-state index contributed by atoms with van der Waals surface area (Å²) < 4.78 is 45.1. The molecule has 1 aliphatic rings. The first-order valence-corrected chi connectivity index (χ1v) is 14.4. The van der Waals surface area contributed by atoms with Crippen molar-refractivity contribution in [3.05, 3.63) is 83.5 Å². The summed E-state index contributed by atoms with van der Waals surface area (Å²) in [5, 5.41) is 9.53. The highest BCUT2D eigenvalue weighted by atomic mass is 19.1. The van der Waals surface area contributed by atoms with Crippen LogP contribution in [0.3, 0.4) is 0 Å². The van der Waals surface area contributed by atoms with Crippen LogP contribution < -0.4 is 9.47 Å². The number of carbonyl (C=O) groups is 2. The number of methoxy groups -OCH3 is 1. The second-order valence-corrected chi connectivity index (χ2v) is 10.6. The van der Waals surface area contributed by atoms with E-state index in [-0.39, 0.29) is 31.2 Å². The zero-order chi connectivity index (χ0) is 30.5. The molecule has 0 heterocycles. The summed E-state index contributed by atoms with van der Waals surface area (Å²) in [6, 6.07) is 8.69. The number of halogens is 2. The minimum absolute atomic E-state index is 0.0186. The Morgan fingerprint density at radius 2 is 1.81 bits per heavy atom. The molecule has 1 amide bonds. The number of carboxylic acids is 1. The Bertz CT molecular complexity index is 1260. The van der Waals surface area contributed by atoms with Crippen LogP contribution in [0, 0.1) is 17.6 Å². The van der Waals surface area contributed by atoms with Gasteiger partial charge in [-0.2, -0.15) is 0 Å². The molecular weight excluding hydrogens is 544 g/mol. The van der Waals surface area contributed by atoms with Crippen LogP contribution in [0.1, 0.15) is 57.1 Å². The summed E-state index contributed by atoms with van der Waals surface area (Å²) in [6.45, 7) is 4.34. The minimum Gasteiger partial charge on any atom is -0.493 e. The number of benzene rings is 2. The van der Waals surface area contributed by atoms with Crippen LogP contribution in [0.15, 0.2) is 60.7 Å². The van der Waals surface area contributed by atoms with Gasteiger partial charge in [0, 0.05) is 24.7 Å². The molecule has 2 aromatic rings. The molecule has 7 nitrogen and oxygen atoms in total. The largest absolute Gasteiger partial charge is 0.493 e. The maximum absolute atomic E-state index is 14.4. The third kappa shape index (κ3) is 9.41. The number of rotatable bonds is 17. The number of unbranched alkanes of at least 4 members (excludes halogenated alkanes) is 4. The molecule has 0 spiro atoms. The summed E-state index contributed by atoms with van der Waals surface area (Å²) in [4.78, 5) is 26.3. The van der Waals surface area contributed by atoms with Gasteiger partial charge in [0.15, 0.2) is 18.1 Å². The van der Waals surface area contributed by atoms with Crippen LogP contribution in [0.2, 0.25) is 0 Å². The van der Waals surface area contributed by atoms with Gasteiger partial charge in [-0.05, 0) is 43.5 Å². The number of allylic oxidation sites excluding steroid dienone is 2. The maximum atomic E-state index is 14.4. The van der Waals surface area contributed by atoms with Crippen LogP contribution in [0.5, 0.6) is 11.5 Å². The first-order chi connectivity index (χ1) is 20.2. The molecule has 1 N–H and O–H groups in total. The van der Waals surface area contributed by atoms with Gasteiger partial charge in [-0.1, -0.05) is 69.0 Å². The van der Waals surface area contributed by atoms with Crippen LogP contribution in [0.4, 0.5) is 8.78 Å². The SMILES string of the molecule is CCCCCCCN(Cc1ccc(F)cc1F)C(=O)COc1ccc(CCOC2(C)C=CC=CC2C(=O)O)cc1OC. The van der Waals surface area contributed by atoms with E-state index in [4.69, 9.17) is 14.2 Å². The van der Waals surface area contributed by atoms with E-state index in [1.54, 1.807) is 48.3 Å². The highest BCUT2D eigenvalue weighted by Gasteiger charge is 2.37. The van der Waals surface area contributed by atoms with Gasteiger partial charge in [0.1, 0.15) is 23.2 Å². The number of carbonyl (C=O) groups excluding carboxylic acids is 1. The van der Waals surface area contributed by atoms with E-state index in [1.165, 1.54) is 19.2 Å². The molecule has 0 aliphatic heterocycles. The average Bonchev–Trinajstić information content (AvgIpc) is 2.96. The van der Waals surface area contributed by atoms with Crippen molar-refractivity contribution in [3.63, 3.8) is 0 Å². The number of hydrogen-bond acceptors (Lipinski definition) is 5. The van der Waals surface area contributed by atoms with E-state index >= 15 is 0 Å². The van der Waals surface area contributed by atoms with Crippen molar-refractivity contribution in [2.24, 2.45) is 5.92 Å². The molecule has 0 aromatic heterocycles. The van der Waals surface area contributed by atoms with Crippen molar-refractivity contribution in [1.29, 1.82) is 0 Å². The van der Waals surface area contributed by atoms with Crippen molar-refractivity contribution in [1.82, 2.24) is 4.90 Å². The van der Waals surface area contributed by atoms with Crippen molar-refractivity contribution < 1.29 is 37.7 Å². The lowest BCUT2D eigenvalue weighted by Crippen LogP contribution is -2.41. The predicted octanol–water partition coefficient (Wildman–Crippen LogP) is 6.50. The number of amides is 1. The van der Waals surface area contributed by atoms with Gasteiger partial charge in [-0.15, -0.1) is 0 Å². The van der Waals surface area contributed by atoms with E-state index in [1.807, 2.05) is 6.07 Å². The lowest BCUT2D eigenvalue weighted by atomic mass is 9.85. The Morgan fingerprint density at radius 3 is 2.52 bits per heavy atom. The van der Waals surface area contributed by atoms with E-state index in [0.29, 0.717) is 24.5 Å². The van der Waals surface area contributed by atoms with Gasteiger partial charge in [-0.3, -0.25) is 9.59 Å². The van der Waals surface area contributed by atoms with Crippen molar-refractivity contribution in [3.8, 4) is 11.5 Å². The Balaban J connectivity index is 1.60. The highest BCUT2D eigenvalue weighted by molar-refractivity contribution is 5.78. The third-order valence-electron chi connectivity index (χ3n) is 7.37. The highest BCUT2D eigenvalue weighted by Crippen LogP contribution is 2.31. The second kappa shape index (κ2) is 16.1. The summed E-state index contributed by atoms with van der Waals surface area (Å²) in [7, 11) is 1.50. The number of hydrogen-bond donors (Lipinski definition) is 1. The summed E-state index contributed by atoms with van der Waals surface area (Å²) in [6.07, 6.45) is 12.3. The van der Waals surface area contributed by atoms with Crippen LogP contribution >= 0.6 is 0 Å². The molecule has 0 bridgehead atoms. The molecule has 9 heteroatoms. The third-order valence-corrected chi connectivity index (χ3v) is 7.37. The van der Waals surface area contributed by atoms with Gasteiger partial charge >= 0.3 is 5.97 Å². The fourth-order valence-electron chi connectivity index (χ4n) is 4.84. The Morgan fingerprint density at radius 1 is 1.02 bits per heavy atom. The minimum atomic E-state index is -0.952. The molecule has 3 rings (SSSR count). The van der Waals surface area contributed by atoms with Crippen molar-refractivity contribution >= 4 is 11.9 Å². The standard InChI is InChI=1S/C33H41F2NO6/c1-4-5-6-7-10-18-36(22-25-13-14-26(34)21-28(25)35)31(37)23-41-29-15-12-24(20-30(29)40-3)16-19-42-33(2)17-9-8-11-27(33)32(38)39/h8-9,11-15,17,20-21,27H,4-7,10,16,18-19,22-23H2,1-3H3,(H,38,39). The molecule has 42 heavy (non-hydrogen) atoms. The molecule has 0 radical (unpaired) electrons. The van der Waals surface area contributed by atoms with E-state index in [9.17, 15) is 23.5 Å². The summed E-state index contributed by atoms with van der Waals surface area (Å²) >= 11 is 0. The Labute approximate surface area is 246 Å². The first-order valence-electron chi connectivity index (χ1n) is 14.4. The van der Waals surface area contributed by atoms with Gasteiger partial charge in [-0.25, -0.2) is 8.78 Å². The molecule has 2 unspecified atom stereocenters. The van der Waals surface area contributed by atoms with Crippen LogP contribution in [0.25, 0.3) is 0 Å². The molecule has 0 fully saturated rings. The lowest BCUT2D eigenvalue weighted by Gasteiger charge is -2.32. The maximum Gasteiger partial charge on any atom is 0.313 e. The van der Waals surface area contributed by atoms with Gasteiger partial charge < -0.3 is 24.2 Å². The summed E-state index contributed by atoms with van der Waals surface area (Å²) in [5.74, 6) is -2.58. The topological polar surface area (TPSA) is 85.3 Å². The first kappa shape index (κ1) is 32.8. The zero-order valence-electron chi connectivity index (χ0n) is 24.6. The fraction of sp³-hybridized carbons (Fsp3) is 0.455. The molecule has 228 valence electrons. The molecule has 2 aromatic carbocycles. The monoisotopic (exact) mass is 585 g/mol. The van der Waals surface area contributed by atoms with E-state index in [2.05, 4.69) is 6.92 Å². The van der Waals surface area contributed by atoms with Gasteiger partial charge in [0.05, 0.1) is 13.7 Å². The van der Waals surface area contributed by atoms with E-state index < -0.39 is 29.1 Å². The average molecular weight is 586 g/mol. The number of carboxylic acid groups (broad SMARTS) is 1. The Kier molecular flexibility index (Phi) is 12.5. The smallest absolute Gasteiger partial charge is 0.313 e. The fourth-order valence-corrected chi connectivity index (χ4v) is 4.84. The molecule has 0 saturated carbocycles. The predicted molar refractivity (Wildman–Crippen MR) is 156 cm³/mol. The van der Waals surface area contributed by atoms with Gasteiger partial charge in [0.25, 0.3) is 5.91 Å². The number of nitrogens with zero attached hydrogens (tertiary/aromatic N) is 1. The van der Waals surface area contributed by atoms with Crippen molar-refractivity contribution in [2.45, 2.75) is 64.5 Å². The number of aliphatic carboxylic acids is 1. The molecular formula is C33H41F2NO6. The summed E-state index contributed by atoms with van der Waals surface area (Å²) in [5.41, 5.74) is 0.176. The number of ether oxygens (including phenoxy) is 3.